The molecule has 0 aliphatic heterocycles. The first-order chi connectivity index (χ1) is 12.4. The number of carboxylic acids is 1. The number of aliphatic carboxylic acids is 1. The van der Waals surface area contributed by atoms with Gasteiger partial charge in [-0.3, -0.25) is 4.79 Å². The molecule has 1 aromatic heterocycles. The van der Waals surface area contributed by atoms with Crippen LogP contribution < -0.4 is 0 Å². The zero-order valence-electron chi connectivity index (χ0n) is 14.6. The average molecular weight is 388 g/mol. The van der Waals surface area contributed by atoms with Gasteiger partial charge in [-0.1, -0.05) is 19.8 Å². The first kappa shape index (κ1) is 20.6. The van der Waals surface area contributed by atoms with Crippen LogP contribution in [0.4, 0.5) is 17.6 Å². The second-order valence-electron chi connectivity index (χ2n) is 6.62. The van der Waals surface area contributed by atoms with Crippen LogP contribution in [0.5, 0.6) is 0 Å². The molecular weight excluding hydrogens is 372 g/mol. The zero-order valence-corrected chi connectivity index (χ0v) is 14.6. The molecule has 1 aromatic rings. The molecule has 0 spiro atoms. The molecule has 0 radical (unpaired) electrons. The number of carboxylic acid groups (broad SMARTS) is 1. The van der Waals surface area contributed by atoms with E-state index < -0.39 is 46.4 Å². The minimum Gasteiger partial charge on any atom is -0.481 e. The van der Waals surface area contributed by atoms with Gasteiger partial charge in [-0.15, -0.1) is 0 Å². The zero-order chi connectivity index (χ0) is 20.6. The molecule has 1 aliphatic rings. The summed E-state index contributed by atoms with van der Waals surface area (Å²) in [6.07, 6.45) is -4.04. The highest BCUT2D eigenvalue weighted by Crippen LogP contribution is 2.71. The Bertz CT molecular complexity index is 853. The number of alkyl halides is 3. The van der Waals surface area contributed by atoms with E-state index in [1.165, 1.54) is 0 Å². The molecule has 1 saturated carbocycles. The predicted molar refractivity (Wildman–Crippen MR) is 83.8 cm³/mol. The second kappa shape index (κ2) is 6.76. The minimum absolute atomic E-state index is 0.269. The first-order valence-corrected chi connectivity index (χ1v) is 7.73. The Kier molecular flexibility index (Phi) is 5.14. The summed E-state index contributed by atoms with van der Waals surface area (Å²) in [4.78, 5) is 23.0. The molecule has 0 saturated heterocycles. The SMILES string of the molecule is COC(=O)/C(F)=C/[C@H]1C(C)(C)[C@]1(CC#Cc1ccc(C(F)(F)F)o1)C(=O)O. The maximum Gasteiger partial charge on any atom is 0.449 e. The van der Waals surface area contributed by atoms with Crippen LogP contribution in [0.1, 0.15) is 31.8 Å². The summed E-state index contributed by atoms with van der Waals surface area (Å²) in [6, 6.07) is 1.74. The average Bonchev–Trinajstić information content (AvgIpc) is 2.91. The molecular formula is C18H16F4O5. The van der Waals surface area contributed by atoms with Crippen molar-refractivity contribution in [1.82, 2.24) is 0 Å². The van der Waals surface area contributed by atoms with E-state index in [-0.39, 0.29) is 12.2 Å². The standard InChI is InChI=1S/C18H16F4O5/c1-16(2)12(9-11(19)14(23)26-3)17(16,15(24)25)8-4-5-10-6-7-13(27-10)18(20,21)22/h6-7,9,12H,8H2,1-3H3,(H,24,25)/b11-9-/t12-,17-/m0/s1. The van der Waals surface area contributed by atoms with E-state index in [2.05, 4.69) is 21.0 Å². The molecule has 1 heterocycles. The molecule has 1 N–H and O–H groups in total. The number of methoxy groups -OCH3 is 1. The Labute approximate surface area is 152 Å². The van der Waals surface area contributed by atoms with Crippen LogP contribution in [-0.2, 0) is 20.5 Å². The van der Waals surface area contributed by atoms with Gasteiger partial charge < -0.3 is 14.3 Å². The van der Waals surface area contributed by atoms with Crippen LogP contribution in [0.25, 0.3) is 0 Å². The maximum absolute atomic E-state index is 13.8. The highest BCUT2D eigenvalue weighted by Gasteiger charge is 2.74. The van der Waals surface area contributed by atoms with E-state index in [1.807, 2.05) is 0 Å². The molecule has 0 aromatic carbocycles. The Balaban J connectivity index is 2.26. The molecule has 5 nitrogen and oxygen atoms in total. The van der Waals surface area contributed by atoms with Gasteiger partial charge in [0.15, 0.2) is 5.76 Å². The topological polar surface area (TPSA) is 76.7 Å². The van der Waals surface area contributed by atoms with Crippen LogP contribution in [0.2, 0.25) is 0 Å². The van der Waals surface area contributed by atoms with E-state index in [9.17, 15) is 32.3 Å². The van der Waals surface area contributed by atoms with E-state index >= 15 is 0 Å². The summed E-state index contributed by atoms with van der Waals surface area (Å²) in [5.74, 6) is -1.19. The number of rotatable bonds is 4. The summed E-state index contributed by atoms with van der Waals surface area (Å²) >= 11 is 0. The van der Waals surface area contributed by atoms with Gasteiger partial charge in [-0.25, -0.2) is 4.79 Å². The van der Waals surface area contributed by atoms with Gasteiger partial charge in [-0.05, 0) is 29.5 Å². The number of carbonyl (C=O) groups excluding carboxylic acids is 1. The molecule has 146 valence electrons. The van der Waals surface area contributed by atoms with Crippen molar-refractivity contribution in [3.8, 4) is 11.8 Å². The van der Waals surface area contributed by atoms with Crippen molar-refractivity contribution < 1.29 is 41.4 Å². The third-order valence-corrected chi connectivity index (χ3v) is 4.91. The van der Waals surface area contributed by atoms with Crippen LogP contribution >= 0.6 is 0 Å². The number of hydrogen-bond acceptors (Lipinski definition) is 4. The van der Waals surface area contributed by atoms with Gasteiger partial charge in [0.2, 0.25) is 11.6 Å². The molecule has 0 amide bonds. The van der Waals surface area contributed by atoms with Crippen LogP contribution in [-0.4, -0.2) is 24.2 Å². The number of allylic oxidation sites excluding steroid dienone is 1. The lowest BCUT2D eigenvalue weighted by Crippen LogP contribution is -2.21. The first-order valence-electron chi connectivity index (χ1n) is 7.73. The number of ether oxygens (including phenoxy) is 1. The van der Waals surface area contributed by atoms with Gasteiger partial charge in [-0.2, -0.15) is 17.6 Å². The Morgan fingerprint density at radius 1 is 1.37 bits per heavy atom. The quantitative estimate of drug-likeness (QED) is 0.368. The number of hydrogen-bond donors (Lipinski definition) is 1. The van der Waals surface area contributed by atoms with Gasteiger partial charge in [0.05, 0.1) is 12.5 Å². The van der Waals surface area contributed by atoms with Crippen molar-refractivity contribution in [3.63, 3.8) is 0 Å². The van der Waals surface area contributed by atoms with E-state index in [4.69, 9.17) is 0 Å². The third kappa shape index (κ3) is 3.56. The van der Waals surface area contributed by atoms with E-state index in [0.717, 1.165) is 25.3 Å². The number of carbonyl (C=O) groups is 2. The number of halogens is 4. The summed E-state index contributed by atoms with van der Waals surface area (Å²) in [5, 5.41) is 9.62. The lowest BCUT2D eigenvalue weighted by atomic mass is 9.92. The maximum atomic E-state index is 13.8. The Morgan fingerprint density at radius 3 is 2.48 bits per heavy atom. The fraction of sp³-hybridized carbons (Fsp3) is 0.444. The molecule has 1 fully saturated rings. The lowest BCUT2D eigenvalue weighted by Gasteiger charge is -2.11. The molecule has 1 aliphatic carbocycles. The molecule has 9 heteroatoms. The van der Waals surface area contributed by atoms with Crippen molar-refractivity contribution in [2.45, 2.75) is 26.4 Å². The van der Waals surface area contributed by atoms with Crippen molar-refractivity contribution >= 4 is 11.9 Å². The fourth-order valence-corrected chi connectivity index (χ4v) is 3.21. The fourth-order valence-electron chi connectivity index (χ4n) is 3.21. The molecule has 0 bridgehead atoms. The van der Waals surface area contributed by atoms with E-state index in [1.54, 1.807) is 13.8 Å². The Hall–Kier alpha value is -2.76. The van der Waals surface area contributed by atoms with Crippen LogP contribution in [0.3, 0.4) is 0 Å². The molecule has 0 unspecified atom stereocenters. The number of esters is 1. The van der Waals surface area contributed by atoms with Crippen molar-refractivity contribution in [2.24, 2.45) is 16.7 Å². The normalized spacial score (nSPS) is 24.0. The molecule has 27 heavy (non-hydrogen) atoms. The summed E-state index contributed by atoms with van der Waals surface area (Å²) < 4.78 is 60.1. The van der Waals surface area contributed by atoms with Crippen molar-refractivity contribution in [3.05, 3.63) is 35.6 Å². The van der Waals surface area contributed by atoms with Gasteiger partial charge in [0.25, 0.3) is 0 Å². The van der Waals surface area contributed by atoms with Gasteiger partial charge in [0.1, 0.15) is 0 Å². The largest absolute Gasteiger partial charge is 0.481 e. The summed E-state index contributed by atoms with van der Waals surface area (Å²) in [6.45, 7) is 3.15. The van der Waals surface area contributed by atoms with Crippen LogP contribution in [0.15, 0.2) is 28.5 Å². The van der Waals surface area contributed by atoms with Crippen molar-refractivity contribution in [2.75, 3.05) is 7.11 Å². The van der Waals surface area contributed by atoms with Crippen molar-refractivity contribution in [1.29, 1.82) is 0 Å². The smallest absolute Gasteiger partial charge is 0.449 e. The monoisotopic (exact) mass is 388 g/mol. The van der Waals surface area contributed by atoms with E-state index in [0.29, 0.717) is 0 Å². The summed E-state index contributed by atoms with van der Waals surface area (Å²) in [7, 11) is 0.988. The van der Waals surface area contributed by atoms with Gasteiger partial charge in [0, 0.05) is 12.3 Å². The second-order valence-corrected chi connectivity index (χ2v) is 6.62. The Morgan fingerprint density at radius 2 is 2.00 bits per heavy atom. The minimum atomic E-state index is -4.65. The predicted octanol–water partition coefficient (Wildman–Crippen LogP) is 3.79. The third-order valence-electron chi connectivity index (χ3n) is 4.91. The molecule has 2 atom stereocenters. The van der Waals surface area contributed by atoms with Crippen LogP contribution in [0, 0.1) is 28.6 Å². The molecule has 2 rings (SSSR count). The highest BCUT2D eigenvalue weighted by atomic mass is 19.4. The summed E-state index contributed by atoms with van der Waals surface area (Å²) in [5.41, 5.74) is -2.43. The van der Waals surface area contributed by atoms with Gasteiger partial charge >= 0.3 is 18.1 Å². The number of furan rings is 1. The highest BCUT2D eigenvalue weighted by molar-refractivity contribution is 5.87. The lowest BCUT2D eigenvalue weighted by molar-refractivity contribution is -0.153.